The molecule has 0 aliphatic carbocycles. The molecular weight excluding hydrogens is 408 g/mol. The lowest BCUT2D eigenvalue weighted by molar-refractivity contribution is 0.509. The smallest absolute Gasteiger partial charge is 0.336 e. The second-order valence-corrected chi connectivity index (χ2v) is 6.73. The molecule has 0 fully saturated rings. The lowest BCUT2D eigenvalue weighted by Gasteiger charge is -2.25. The van der Waals surface area contributed by atoms with Crippen LogP contribution in [0.15, 0.2) is 40.2 Å². The van der Waals surface area contributed by atoms with Gasteiger partial charge in [0.1, 0.15) is 12.2 Å². The zero-order valence-electron chi connectivity index (χ0n) is 16.8. The number of halogens is 2. The van der Waals surface area contributed by atoms with E-state index in [1.54, 1.807) is 26.1 Å². The summed E-state index contributed by atoms with van der Waals surface area (Å²) in [7, 11) is 0. The molecule has 11 heteroatoms. The van der Waals surface area contributed by atoms with Crippen molar-refractivity contribution in [1.29, 1.82) is 5.26 Å². The summed E-state index contributed by atoms with van der Waals surface area (Å²) in [6.07, 6.45) is 3.00. The first-order valence-corrected chi connectivity index (χ1v) is 9.18. The highest BCUT2D eigenvalue weighted by molar-refractivity contribution is 5.74. The lowest BCUT2D eigenvalue weighted by atomic mass is 10.2. The van der Waals surface area contributed by atoms with Crippen molar-refractivity contribution < 1.29 is 8.78 Å². The number of nitriles is 1. The number of hydrogen-bond acceptors (Lipinski definition) is 7. The van der Waals surface area contributed by atoms with E-state index in [0.717, 1.165) is 26.3 Å². The molecule has 0 aliphatic heterocycles. The Morgan fingerprint density at radius 2 is 1.87 bits per heavy atom. The lowest BCUT2D eigenvalue weighted by Crippen LogP contribution is -2.45. The standard InChI is InChI=1S/C20H19F2N7O2/c1-3-16-18(29(25)17-8-14(22)13(21)7-15(17)24)19(30)28(20(31)27(16)5-4-23)12-6-11(2)9-26-10-12/h6-10H,3,5,24-25H2,1-2H3. The summed E-state index contributed by atoms with van der Waals surface area (Å²) < 4.78 is 29.3. The Labute approximate surface area is 175 Å². The van der Waals surface area contributed by atoms with E-state index in [-0.39, 0.29) is 41.4 Å². The minimum atomic E-state index is -1.22. The first-order valence-electron chi connectivity index (χ1n) is 9.18. The number of aryl methyl sites for hydroxylation is 1. The molecule has 4 N–H and O–H groups in total. The fourth-order valence-electron chi connectivity index (χ4n) is 3.28. The van der Waals surface area contributed by atoms with Crippen molar-refractivity contribution in [2.75, 3.05) is 10.7 Å². The normalized spacial score (nSPS) is 10.7. The largest absolute Gasteiger partial charge is 0.397 e. The van der Waals surface area contributed by atoms with Gasteiger partial charge in [0.2, 0.25) is 0 Å². The number of benzene rings is 1. The van der Waals surface area contributed by atoms with Gasteiger partial charge in [0, 0.05) is 18.3 Å². The fraction of sp³-hybridized carbons (Fsp3) is 0.200. The predicted octanol–water partition coefficient (Wildman–Crippen LogP) is 1.66. The summed E-state index contributed by atoms with van der Waals surface area (Å²) in [5.41, 5.74) is 4.60. The van der Waals surface area contributed by atoms with Crippen LogP contribution in [0.2, 0.25) is 0 Å². The first kappa shape index (κ1) is 21.7. The second-order valence-electron chi connectivity index (χ2n) is 6.73. The van der Waals surface area contributed by atoms with E-state index in [0.29, 0.717) is 5.56 Å². The van der Waals surface area contributed by atoms with Crippen LogP contribution < -0.4 is 27.8 Å². The minimum absolute atomic E-state index is 0.139. The van der Waals surface area contributed by atoms with Gasteiger partial charge in [-0.05, 0) is 25.0 Å². The highest BCUT2D eigenvalue weighted by Crippen LogP contribution is 2.30. The van der Waals surface area contributed by atoms with Crippen LogP contribution in [-0.4, -0.2) is 14.1 Å². The van der Waals surface area contributed by atoms with Gasteiger partial charge in [-0.3, -0.25) is 19.4 Å². The molecule has 0 spiro atoms. The molecule has 0 radical (unpaired) electrons. The van der Waals surface area contributed by atoms with Crippen molar-refractivity contribution in [3.63, 3.8) is 0 Å². The van der Waals surface area contributed by atoms with E-state index in [9.17, 15) is 23.6 Å². The van der Waals surface area contributed by atoms with E-state index in [1.807, 2.05) is 6.07 Å². The van der Waals surface area contributed by atoms with Crippen LogP contribution in [-0.2, 0) is 13.0 Å². The van der Waals surface area contributed by atoms with E-state index in [4.69, 9.17) is 11.6 Å². The van der Waals surface area contributed by atoms with Gasteiger partial charge >= 0.3 is 5.69 Å². The molecule has 0 bridgehead atoms. The van der Waals surface area contributed by atoms with Gasteiger partial charge in [0.25, 0.3) is 5.56 Å². The Hall–Kier alpha value is -4.04. The summed E-state index contributed by atoms with van der Waals surface area (Å²) in [5.74, 6) is 3.75. The summed E-state index contributed by atoms with van der Waals surface area (Å²) in [6, 6.07) is 4.94. The van der Waals surface area contributed by atoms with Crippen molar-refractivity contribution in [3.8, 4) is 11.8 Å². The number of rotatable bonds is 5. The molecule has 0 aliphatic rings. The summed E-state index contributed by atoms with van der Waals surface area (Å²) in [5, 5.41) is 10.0. The monoisotopic (exact) mass is 427 g/mol. The summed E-state index contributed by atoms with van der Waals surface area (Å²) >= 11 is 0. The quantitative estimate of drug-likeness (QED) is 0.359. The Morgan fingerprint density at radius 1 is 1.19 bits per heavy atom. The Balaban J connectivity index is 2.42. The van der Waals surface area contributed by atoms with Gasteiger partial charge in [-0.2, -0.15) is 5.26 Å². The van der Waals surface area contributed by atoms with Crippen molar-refractivity contribution in [1.82, 2.24) is 14.1 Å². The molecular formula is C20H19F2N7O2. The van der Waals surface area contributed by atoms with Gasteiger partial charge in [-0.15, -0.1) is 0 Å². The average Bonchev–Trinajstić information content (AvgIpc) is 2.72. The van der Waals surface area contributed by atoms with Crippen LogP contribution in [0.4, 0.5) is 25.8 Å². The number of pyridine rings is 1. The topological polar surface area (TPSA) is 136 Å². The highest BCUT2D eigenvalue weighted by atomic mass is 19.2. The molecule has 9 nitrogen and oxygen atoms in total. The molecule has 160 valence electrons. The van der Waals surface area contributed by atoms with Crippen molar-refractivity contribution in [2.24, 2.45) is 5.84 Å². The minimum Gasteiger partial charge on any atom is -0.397 e. The SMILES string of the molecule is CCc1c(N(N)c2cc(F)c(F)cc2N)c(=O)n(-c2cncc(C)c2)c(=O)n1CC#N. The maximum absolute atomic E-state index is 13.9. The van der Waals surface area contributed by atoms with Crippen molar-refractivity contribution in [2.45, 2.75) is 26.8 Å². The van der Waals surface area contributed by atoms with Crippen LogP contribution in [0.3, 0.4) is 0 Å². The number of nitrogens with two attached hydrogens (primary N) is 2. The maximum Gasteiger partial charge on any atom is 0.336 e. The average molecular weight is 427 g/mol. The molecule has 2 aromatic heterocycles. The third kappa shape index (κ3) is 3.76. The van der Waals surface area contributed by atoms with Crippen LogP contribution in [0.25, 0.3) is 5.69 Å². The molecule has 3 aromatic rings. The molecule has 1 aromatic carbocycles. The molecule has 3 rings (SSSR count). The molecule has 0 unspecified atom stereocenters. The Morgan fingerprint density at radius 3 is 2.48 bits per heavy atom. The van der Waals surface area contributed by atoms with Gasteiger partial charge in [0.15, 0.2) is 11.6 Å². The number of aromatic nitrogens is 3. The summed E-state index contributed by atoms with van der Waals surface area (Å²) in [6.45, 7) is 3.02. The van der Waals surface area contributed by atoms with E-state index >= 15 is 0 Å². The van der Waals surface area contributed by atoms with Gasteiger partial charge in [-0.25, -0.2) is 24.0 Å². The fourth-order valence-corrected chi connectivity index (χ4v) is 3.28. The van der Waals surface area contributed by atoms with Crippen LogP contribution in [0.5, 0.6) is 0 Å². The number of nitrogen functional groups attached to an aromatic ring is 1. The summed E-state index contributed by atoms with van der Waals surface area (Å²) in [4.78, 5) is 30.5. The maximum atomic E-state index is 13.9. The molecule has 31 heavy (non-hydrogen) atoms. The van der Waals surface area contributed by atoms with Crippen molar-refractivity contribution in [3.05, 3.63) is 74.3 Å². The second kappa shape index (κ2) is 8.37. The van der Waals surface area contributed by atoms with Crippen LogP contribution >= 0.6 is 0 Å². The number of anilines is 3. The Kier molecular flexibility index (Phi) is 5.85. The third-order valence-electron chi connectivity index (χ3n) is 4.68. The first-order chi connectivity index (χ1) is 14.7. The van der Waals surface area contributed by atoms with E-state index in [2.05, 4.69) is 4.98 Å². The molecule has 0 amide bonds. The highest BCUT2D eigenvalue weighted by Gasteiger charge is 2.25. The zero-order valence-corrected chi connectivity index (χ0v) is 16.8. The molecule has 0 atom stereocenters. The Bertz CT molecular complexity index is 1320. The van der Waals surface area contributed by atoms with E-state index < -0.39 is 22.9 Å². The predicted molar refractivity (Wildman–Crippen MR) is 111 cm³/mol. The van der Waals surface area contributed by atoms with Crippen LogP contribution in [0.1, 0.15) is 18.2 Å². The van der Waals surface area contributed by atoms with Gasteiger partial charge in [0.05, 0.1) is 35.0 Å². The van der Waals surface area contributed by atoms with Crippen LogP contribution in [0, 0.1) is 29.9 Å². The zero-order chi connectivity index (χ0) is 22.9. The van der Waals surface area contributed by atoms with Gasteiger partial charge < -0.3 is 5.73 Å². The van der Waals surface area contributed by atoms with E-state index in [1.165, 1.54) is 6.20 Å². The van der Waals surface area contributed by atoms with Gasteiger partial charge in [-0.1, -0.05) is 6.92 Å². The molecule has 0 saturated heterocycles. The van der Waals surface area contributed by atoms with Crippen molar-refractivity contribution >= 4 is 17.1 Å². The number of hydrogen-bond donors (Lipinski definition) is 2. The third-order valence-corrected chi connectivity index (χ3v) is 4.68. The molecule has 2 heterocycles. The molecule has 0 saturated carbocycles. The number of nitrogens with zero attached hydrogens (tertiary/aromatic N) is 5. The number of hydrazine groups is 1.